The van der Waals surface area contributed by atoms with Crippen molar-refractivity contribution < 1.29 is 4.74 Å². The molecule has 21 heavy (non-hydrogen) atoms. The zero-order chi connectivity index (χ0) is 15.8. The Balaban J connectivity index is 3.09. The number of rotatable bonds is 9. The molecule has 1 heterocycles. The number of nitrogens with zero attached hydrogens (tertiary/aromatic N) is 3. The van der Waals surface area contributed by atoms with E-state index in [2.05, 4.69) is 49.8 Å². The summed E-state index contributed by atoms with van der Waals surface area (Å²) in [5, 5.41) is 3.37. The maximum atomic E-state index is 5.28. The van der Waals surface area contributed by atoms with Gasteiger partial charge in [-0.2, -0.15) is 0 Å². The van der Waals surface area contributed by atoms with Crippen molar-refractivity contribution in [2.24, 2.45) is 0 Å². The van der Waals surface area contributed by atoms with E-state index in [0.29, 0.717) is 12.5 Å². The summed E-state index contributed by atoms with van der Waals surface area (Å²) in [5.74, 6) is 3.07. The molecule has 0 saturated heterocycles. The molecule has 0 bridgehead atoms. The number of likely N-dealkylation sites (N-methyl/N-ethyl adjacent to an activating group) is 1. The molecule has 120 valence electrons. The van der Waals surface area contributed by atoms with Crippen molar-refractivity contribution in [2.75, 3.05) is 37.0 Å². The summed E-state index contributed by atoms with van der Waals surface area (Å²) in [6.07, 6.45) is 1.08. The van der Waals surface area contributed by atoms with E-state index in [1.54, 1.807) is 7.11 Å². The molecule has 0 spiro atoms. The Morgan fingerprint density at radius 2 is 1.95 bits per heavy atom. The van der Waals surface area contributed by atoms with E-state index in [1.807, 2.05) is 6.07 Å². The van der Waals surface area contributed by atoms with Gasteiger partial charge in [-0.15, -0.1) is 0 Å². The standard InChI is InChI=1S/C16H30N4O/c1-7-9-17-14-10-15(19-16(18-14)12(3)4)20(8-2)13(5)11-21-6/h10,12-13H,7-9,11H2,1-6H3,(H,17,18,19). The van der Waals surface area contributed by atoms with Crippen molar-refractivity contribution in [3.8, 4) is 0 Å². The molecule has 1 aromatic rings. The highest BCUT2D eigenvalue weighted by molar-refractivity contribution is 5.50. The molecule has 1 unspecified atom stereocenters. The summed E-state index contributed by atoms with van der Waals surface area (Å²) < 4.78 is 5.28. The first-order chi connectivity index (χ1) is 10.0. The molecular formula is C16H30N4O. The Morgan fingerprint density at radius 3 is 2.48 bits per heavy atom. The van der Waals surface area contributed by atoms with E-state index in [-0.39, 0.29) is 6.04 Å². The van der Waals surface area contributed by atoms with Gasteiger partial charge in [0.25, 0.3) is 0 Å². The van der Waals surface area contributed by atoms with Gasteiger partial charge in [-0.1, -0.05) is 20.8 Å². The van der Waals surface area contributed by atoms with Crippen LogP contribution in [0, 0.1) is 0 Å². The highest BCUT2D eigenvalue weighted by Crippen LogP contribution is 2.21. The van der Waals surface area contributed by atoms with Gasteiger partial charge in [0, 0.05) is 32.2 Å². The fourth-order valence-corrected chi connectivity index (χ4v) is 2.23. The summed E-state index contributed by atoms with van der Waals surface area (Å²) in [4.78, 5) is 11.6. The van der Waals surface area contributed by atoms with Gasteiger partial charge in [-0.3, -0.25) is 0 Å². The van der Waals surface area contributed by atoms with Crippen LogP contribution in [-0.4, -0.2) is 42.8 Å². The molecule has 1 rings (SSSR count). The van der Waals surface area contributed by atoms with E-state index in [9.17, 15) is 0 Å². The smallest absolute Gasteiger partial charge is 0.135 e. The minimum Gasteiger partial charge on any atom is -0.383 e. The number of methoxy groups -OCH3 is 1. The number of aromatic nitrogens is 2. The summed E-state index contributed by atoms with van der Waals surface area (Å²) in [5.41, 5.74) is 0. The fourth-order valence-electron chi connectivity index (χ4n) is 2.23. The summed E-state index contributed by atoms with van der Waals surface area (Å²) in [6, 6.07) is 2.32. The zero-order valence-corrected chi connectivity index (χ0v) is 14.3. The molecule has 0 aromatic carbocycles. The van der Waals surface area contributed by atoms with E-state index in [4.69, 9.17) is 9.72 Å². The molecule has 5 nitrogen and oxygen atoms in total. The number of nitrogens with one attached hydrogen (secondary N) is 1. The van der Waals surface area contributed by atoms with Crippen LogP contribution in [-0.2, 0) is 4.74 Å². The van der Waals surface area contributed by atoms with Gasteiger partial charge in [0.15, 0.2) is 0 Å². The third-order valence-electron chi connectivity index (χ3n) is 3.38. The maximum Gasteiger partial charge on any atom is 0.135 e. The molecule has 1 aromatic heterocycles. The minimum atomic E-state index is 0.286. The van der Waals surface area contributed by atoms with Gasteiger partial charge in [0.05, 0.1) is 12.6 Å². The van der Waals surface area contributed by atoms with Crippen molar-refractivity contribution in [2.45, 2.75) is 53.0 Å². The minimum absolute atomic E-state index is 0.286. The Labute approximate surface area is 129 Å². The van der Waals surface area contributed by atoms with Crippen molar-refractivity contribution in [3.05, 3.63) is 11.9 Å². The predicted octanol–water partition coefficient (Wildman–Crippen LogP) is 3.28. The van der Waals surface area contributed by atoms with Gasteiger partial charge >= 0.3 is 0 Å². The van der Waals surface area contributed by atoms with E-state index in [1.165, 1.54) is 0 Å². The van der Waals surface area contributed by atoms with Gasteiger partial charge in [-0.05, 0) is 20.3 Å². The second-order valence-corrected chi connectivity index (χ2v) is 5.64. The van der Waals surface area contributed by atoms with Crippen LogP contribution in [0.1, 0.15) is 52.8 Å². The monoisotopic (exact) mass is 294 g/mol. The highest BCUT2D eigenvalue weighted by Gasteiger charge is 2.17. The van der Waals surface area contributed by atoms with Crippen LogP contribution in [0.25, 0.3) is 0 Å². The molecular weight excluding hydrogens is 264 g/mol. The average molecular weight is 294 g/mol. The van der Waals surface area contributed by atoms with Gasteiger partial charge in [-0.25, -0.2) is 9.97 Å². The highest BCUT2D eigenvalue weighted by atomic mass is 16.5. The van der Waals surface area contributed by atoms with Crippen molar-refractivity contribution in [1.29, 1.82) is 0 Å². The third-order valence-corrected chi connectivity index (χ3v) is 3.38. The molecule has 0 radical (unpaired) electrons. The van der Waals surface area contributed by atoms with Crippen LogP contribution < -0.4 is 10.2 Å². The lowest BCUT2D eigenvalue weighted by atomic mass is 10.2. The lowest BCUT2D eigenvalue weighted by molar-refractivity contribution is 0.181. The molecule has 0 saturated carbocycles. The summed E-state index contributed by atoms with van der Waals surface area (Å²) in [6.45, 7) is 13.2. The van der Waals surface area contributed by atoms with E-state index in [0.717, 1.165) is 37.0 Å². The van der Waals surface area contributed by atoms with Crippen LogP contribution >= 0.6 is 0 Å². The quantitative estimate of drug-likeness (QED) is 0.757. The van der Waals surface area contributed by atoms with E-state index < -0.39 is 0 Å². The SMILES string of the molecule is CCCNc1cc(N(CC)C(C)COC)nc(C(C)C)n1. The number of anilines is 2. The first-order valence-electron chi connectivity index (χ1n) is 7.91. The number of hydrogen-bond donors (Lipinski definition) is 1. The Morgan fingerprint density at radius 1 is 1.24 bits per heavy atom. The summed E-state index contributed by atoms with van der Waals surface area (Å²) >= 11 is 0. The molecule has 0 aliphatic heterocycles. The second-order valence-electron chi connectivity index (χ2n) is 5.64. The van der Waals surface area contributed by atoms with Crippen LogP contribution in [0.2, 0.25) is 0 Å². The fraction of sp³-hybridized carbons (Fsp3) is 0.750. The molecule has 5 heteroatoms. The average Bonchev–Trinajstić information content (AvgIpc) is 2.46. The van der Waals surface area contributed by atoms with Crippen LogP contribution in [0.3, 0.4) is 0 Å². The Kier molecular flexibility index (Phi) is 7.43. The van der Waals surface area contributed by atoms with Crippen LogP contribution in [0.4, 0.5) is 11.6 Å². The van der Waals surface area contributed by atoms with Crippen molar-refractivity contribution >= 4 is 11.6 Å². The van der Waals surface area contributed by atoms with Gasteiger partial charge in [0.1, 0.15) is 17.5 Å². The topological polar surface area (TPSA) is 50.3 Å². The Bertz CT molecular complexity index is 423. The van der Waals surface area contributed by atoms with Gasteiger partial charge in [0.2, 0.25) is 0 Å². The van der Waals surface area contributed by atoms with Crippen molar-refractivity contribution in [3.63, 3.8) is 0 Å². The third kappa shape index (κ3) is 5.16. The van der Waals surface area contributed by atoms with Crippen LogP contribution in [0.5, 0.6) is 0 Å². The van der Waals surface area contributed by atoms with Crippen molar-refractivity contribution in [1.82, 2.24) is 9.97 Å². The first kappa shape index (κ1) is 17.7. The molecule has 1 N–H and O–H groups in total. The summed E-state index contributed by atoms with van der Waals surface area (Å²) in [7, 11) is 1.73. The van der Waals surface area contributed by atoms with E-state index >= 15 is 0 Å². The van der Waals surface area contributed by atoms with Gasteiger partial charge < -0.3 is 15.0 Å². The van der Waals surface area contributed by atoms with Crippen LogP contribution in [0.15, 0.2) is 6.07 Å². The molecule has 0 fully saturated rings. The number of ether oxygens (including phenoxy) is 1. The molecule has 0 aliphatic rings. The second kappa shape index (κ2) is 8.82. The molecule has 1 atom stereocenters. The Hall–Kier alpha value is -1.36. The molecule has 0 aliphatic carbocycles. The normalized spacial score (nSPS) is 12.5. The first-order valence-corrected chi connectivity index (χ1v) is 7.91. The zero-order valence-electron chi connectivity index (χ0n) is 14.3. The lowest BCUT2D eigenvalue weighted by Crippen LogP contribution is -2.37. The predicted molar refractivity (Wildman–Crippen MR) is 89.3 cm³/mol. The molecule has 0 amide bonds. The largest absolute Gasteiger partial charge is 0.383 e. The maximum absolute atomic E-state index is 5.28. The lowest BCUT2D eigenvalue weighted by Gasteiger charge is -2.29. The number of hydrogen-bond acceptors (Lipinski definition) is 5.